The molecule has 0 aromatic carbocycles. The van der Waals surface area contributed by atoms with Gasteiger partial charge in [-0.2, -0.15) is 0 Å². The molecular formula is C9H14N2O2. The molecule has 0 N–H and O–H groups in total. The Morgan fingerprint density at radius 1 is 1.62 bits per heavy atom. The number of ether oxygens (including phenoxy) is 2. The molecule has 1 aromatic heterocycles. The fraction of sp³-hybridized carbons (Fsp3) is 0.667. The van der Waals surface area contributed by atoms with Gasteiger partial charge in [-0.15, -0.1) is 0 Å². The zero-order valence-electron chi connectivity index (χ0n) is 7.56. The highest BCUT2D eigenvalue weighted by atomic mass is 16.5. The van der Waals surface area contributed by atoms with Crippen molar-refractivity contribution in [1.82, 2.24) is 9.55 Å². The molecule has 1 saturated heterocycles. The van der Waals surface area contributed by atoms with Crippen molar-refractivity contribution in [3.63, 3.8) is 0 Å². The minimum atomic E-state index is 0.260. The first-order chi connectivity index (χ1) is 6.45. The molecule has 2 rings (SSSR count). The molecule has 1 fully saturated rings. The summed E-state index contributed by atoms with van der Waals surface area (Å²) in [5, 5.41) is 0. The average Bonchev–Trinajstić information content (AvgIpc) is 2.69. The first kappa shape index (κ1) is 8.72. The topological polar surface area (TPSA) is 36.3 Å². The van der Waals surface area contributed by atoms with Crippen LogP contribution in [0.1, 0.15) is 12.8 Å². The van der Waals surface area contributed by atoms with Crippen LogP contribution in [-0.2, 0) is 16.2 Å². The lowest BCUT2D eigenvalue weighted by Gasteiger charge is -2.22. The SMILES string of the molecule is c1cn(COC2CCCOC2)cn1. The van der Waals surface area contributed by atoms with Crippen LogP contribution in [0.3, 0.4) is 0 Å². The van der Waals surface area contributed by atoms with Gasteiger partial charge in [0.2, 0.25) is 0 Å². The monoisotopic (exact) mass is 182 g/mol. The van der Waals surface area contributed by atoms with E-state index in [4.69, 9.17) is 9.47 Å². The second kappa shape index (κ2) is 4.39. The Balaban J connectivity index is 1.72. The van der Waals surface area contributed by atoms with E-state index in [1.807, 2.05) is 10.8 Å². The summed E-state index contributed by atoms with van der Waals surface area (Å²) in [7, 11) is 0. The molecule has 13 heavy (non-hydrogen) atoms. The Bertz CT molecular complexity index is 230. The van der Waals surface area contributed by atoms with Crippen LogP contribution in [0, 0.1) is 0 Å². The van der Waals surface area contributed by atoms with Crippen molar-refractivity contribution in [1.29, 1.82) is 0 Å². The summed E-state index contributed by atoms with van der Waals surface area (Å²) >= 11 is 0. The maximum atomic E-state index is 5.63. The Kier molecular flexibility index (Phi) is 2.94. The lowest BCUT2D eigenvalue weighted by Crippen LogP contribution is -2.26. The smallest absolute Gasteiger partial charge is 0.124 e. The third-order valence-corrected chi connectivity index (χ3v) is 2.14. The molecule has 2 heterocycles. The predicted octanol–water partition coefficient (Wildman–Crippen LogP) is 1.04. The number of aromatic nitrogens is 2. The van der Waals surface area contributed by atoms with Crippen LogP contribution in [0.15, 0.2) is 18.7 Å². The van der Waals surface area contributed by atoms with Gasteiger partial charge >= 0.3 is 0 Å². The quantitative estimate of drug-likeness (QED) is 0.700. The summed E-state index contributed by atoms with van der Waals surface area (Å²) in [5.41, 5.74) is 0. The molecule has 0 bridgehead atoms. The second-order valence-corrected chi connectivity index (χ2v) is 3.21. The Morgan fingerprint density at radius 3 is 3.31 bits per heavy atom. The number of rotatable bonds is 3. The molecule has 0 amide bonds. The molecule has 1 aliphatic rings. The largest absolute Gasteiger partial charge is 0.379 e. The van der Waals surface area contributed by atoms with Gasteiger partial charge in [0.05, 0.1) is 19.0 Å². The van der Waals surface area contributed by atoms with Crippen LogP contribution in [-0.4, -0.2) is 28.9 Å². The summed E-state index contributed by atoms with van der Waals surface area (Å²) in [6.07, 6.45) is 7.87. The minimum Gasteiger partial charge on any atom is -0.379 e. The van der Waals surface area contributed by atoms with E-state index in [1.165, 1.54) is 0 Å². The standard InChI is InChI=1S/C9H14N2O2/c1-2-9(6-12-5-1)13-8-11-4-3-10-7-11/h3-4,7,9H,1-2,5-6,8H2. The molecule has 0 spiro atoms. The Morgan fingerprint density at radius 2 is 2.62 bits per heavy atom. The summed E-state index contributed by atoms with van der Waals surface area (Å²) in [5.74, 6) is 0. The van der Waals surface area contributed by atoms with Gasteiger partial charge in [0.15, 0.2) is 0 Å². The Labute approximate surface area is 77.5 Å². The van der Waals surface area contributed by atoms with Crippen LogP contribution >= 0.6 is 0 Å². The maximum Gasteiger partial charge on any atom is 0.124 e. The molecular weight excluding hydrogens is 168 g/mol. The van der Waals surface area contributed by atoms with Crippen molar-refractivity contribution < 1.29 is 9.47 Å². The normalized spacial score (nSPS) is 23.2. The summed E-state index contributed by atoms with van der Waals surface area (Å²) in [6.45, 7) is 2.19. The molecule has 1 unspecified atom stereocenters. The molecule has 4 heteroatoms. The highest BCUT2D eigenvalue weighted by Gasteiger charge is 2.13. The van der Waals surface area contributed by atoms with Gasteiger partial charge in [-0.3, -0.25) is 0 Å². The third kappa shape index (κ3) is 2.54. The van der Waals surface area contributed by atoms with Gasteiger partial charge in [-0.1, -0.05) is 0 Å². The molecule has 0 saturated carbocycles. The van der Waals surface area contributed by atoms with Gasteiger partial charge in [0.25, 0.3) is 0 Å². The van der Waals surface area contributed by atoms with E-state index in [-0.39, 0.29) is 6.10 Å². The van der Waals surface area contributed by atoms with E-state index < -0.39 is 0 Å². The van der Waals surface area contributed by atoms with E-state index in [0.717, 1.165) is 26.1 Å². The highest BCUT2D eigenvalue weighted by molar-refractivity contribution is 4.72. The molecule has 0 radical (unpaired) electrons. The van der Waals surface area contributed by atoms with Crippen molar-refractivity contribution in [2.45, 2.75) is 25.7 Å². The zero-order chi connectivity index (χ0) is 8.93. The molecule has 72 valence electrons. The van der Waals surface area contributed by atoms with Crippen molar-refractivity contribution >= 4 is 0 Å². The highest BCUT2D eigenvalue weighted by Crippen LogP contribution is 2.10. The van der Waals surface area contributed by atoms with Gasteiger partial charge in [0.1, 0.15) is 6.73 Å². The summed E-state index contributed by atoms with van der Waals surface area (Å²) in [6, 6.07) is 0. The fourth-order valence-corrected chi connectivity index (χ4v) is 1.40. The fourth-order valence-electron chi connectivity index (χ4n) is 1.40. The van der Waals surface area contributed by atoms with Crippen molar-refractivity contribution in [3.8, 4) is 0 Å². The van der Waals surface area contributed by atoms with Crippen molar-refractivity contribution in [3.05, 3.63) is 18.7 Å². The summed E-state index contributed by atoms with van der Waals surface area (Å²) < 4.78 is 12.8. The summed E-state index contributed by atoms with van der Waals surface area (Å²) in [4.78, 5) is 3.94. The van der Waals surface area contributed by atoms with Crippen LogP contribution in [0.25, 0.3) is 0 Å². The van der Waals surface area contributed by atoms with Crippen molar-refractivity contribution in [2.24, 2.45) is 0 Å². The van der Waals surface area contributed by atoms with Crippen molar-refractivity contribution in [2.75, 3.05) is 13.2 Å². The minimum absolute atomic E-state index is 0.260. The van der Waals surface area contributed by atoms with Crippen LogP contribution < -0.4 is 0 Å². The van der Waals surface area contributed by atoms with Gasteiger partial charge < -0.3 is 14.0 Å². The van der Waals surface area contributed by atoms with E-state index in [1.54, 1.807) is 12.5 Å². The van der Waals surface area contributed by atoms with Gasteiger partial charge in [-0.25, -0.2) is 4.98 Å². The predicted molar refractivity (Wildman–Crippen MR) is 47.2 cm³/mol. The van der Waals surface area contributed by atoms with Gasteiger partial charge in [0, 0.05) is 19.0 Å². The maximum absolute atomic E-state index is 5.63. The second-order valence-electron chi connectivity index (χ2n) is 3.21. The van der Waals surface area contributed by atoms with E-state index in [9.17, 15) is 0 Å². The molecule has 1 aromatic rings. The average molecular weight is 182 g/mol. The molecule has 4 nitrogen and oxygen atoms in total. The number of imidazole rings is 1. The van der Waals surface area contributed by atoms with E-state index in [2.05, 4.69) is 4.98 Å². The zero-order valence-corrected chi connectivity index (χ0v) is 7.56. The van der Waals surface area contributed by atoms with E-state index >= 15 is 0 Å². The van der Waals surface area contributed by atoms with Crippen LogP contribution in [0.5, 0.6) is 0 Å². The van der Waals surface area contributed by atoms with Gasteiger partial charge in [-0.05, 0) is 12.8 Å². The number of hydrogen-bond acceptors (Lipinski definition) is 3. The molecule has 1 atom stereocenters. The first-order valence-corrected chi connectivity index (χ1v) is 4.60. The van der Waals surface area contributed by atoms with Crippen LogP contribution in [0.2, 0.25) is 0 Å². The number of nitrogens with zero attached hydrogens (tertiary/aromatic N) is 2. The first-order valence-electron chi connectivity index (χ1n) is 4.60. The lowest BCUT2D eigenvalue weighted by molar-refractivity contribution is -0.0732. The van der Waals surface area contributed by atoms with Crippen LogP contribution in [0.4, 0.5) is 0 Å². The lowest BCUT2D eigenvalue weighted by atomic mass is 10.2. The number of hydrogen-bond donors (Lipinski definition) is 0. The molecule has 1 aliphatic heterocycles. The third-order valence-electron chi connectivity index (χ3n) is 2.14. The Hall–Kier alpha value is -0.870. The van der Waals surface area contributed by atoms with E-state index in [0.29, 0.717) is 6.73 Å². The molecule has 0 aliphatic carbocycles.